The number of nitrogens with zero attached hydrogens (tertiary/aromatic N) is 5. The van der Waals surface area contributed by atoms with Gasteiger partial charge in [0.25, 0.3) is 0 Å². The van der Waals surface area contributed by atoms with Crippen LogP contribution >= 0.6 is 11.8 Å². The van der Waals surface area contributed by atoms with Gasteiger partial charge < -0.3 is 20.1 Å². The number of para-hydroxylation sites is 2. The number of amides is 1. The van der Waals surface area contributed by atoms with Gasteiger partial charge in [0.1, 0.15) is 18.4 Å². The first-order valence-corrected chi connectivity index (χ1v) is 20.8. The summed E-state index contributed by atoms with van der Waals surface area (Å²) in [6.45, 7) is 16.9. The van der Waals surface area contributed by atoms with E-state index in [0.717, 1.165) is 56.0 Å². The van der Waals surface area contributed by atoms with Crippen LogP contribution in [0.2, 0.25) is 0 Å². The Balaban J connectivity index is 0.965. The van der Waals surface area contributed by atoms with E-state index in [4.69, 9.17) is 4.74 Å². The second-order valence-electron chi connectivity index (χ2n) is 16.9. The molecule has 0 spiro atoms. The number of hydrogen-bond acceptors (Lipinski definition) is 10. The zero-order valence-corrected chi connectivity index (χ0v) is 33.5. The Hall–Kier alpha value is -4.00. The van der Waals surface area contributed by atoms with Gasteiger partial charge in [-0.05, 0) is 67.2 Å². The van der Waals surface area contributed by atoms with E-state index in [2.05, 4.69) is 77.0 Å². The smallest absolute Gasteiger partial charge is 0.316 e. The number of piperazine rings is 1. The summed E-state index contributed by atoms with van der Waals surface area (Å²) in [5.74, 6) is -0.599. The third-order valence-electron chi connectivity index (χ3n) is 13.9. The lowest BCUT2D eigenvalue weighted by molar-refractivity contribution is -0.205. The summed E-state index contributed by atoms with van der Waals surface area (Å²) in [4.78, 5) is 46.2. The summed E-state index contributed by atoms with van der Waals surface area (Å²) in [5, 5.41) is 23.4. The van der Waals surface area contributed by atoms with Crippen molar-refractivity contribution in [3.8, 4) is 0 Å². The molecule has 11 nitrogen and oxygen atoms in total. The Morgan fingerprint density at radius 2 is 1.78 bits per heavy atom. The summed E-state index contributed by atoms with van der Waals surface area (Å²) in [7, 11) is 0. The number of nitrogens with one attached hydrogen (secondary N) is 1. The molecular weight excluding hydrogens is 713 g/mol. The summed E-state index contributed by atoms with van der Waals surface area (Å²) in [6, 6.07) is 17.8. The molecular formula is C43H56N6O5S. The van der Waals surface area contributed by atoms with Gasteiger partial charge in [-0.15, -0.1) is 23.4 Å². The van der Waals surface area contributed by atoms with Crippen LogP contribution in [0.25, 0.3) is 0 Å². The van der Waals surface area contributed by atoms with Crippen molar-refractivity contribution in [1.82, 2.24) is 19.9 Å². The average molecular weight is 769 g/mol. The van der Waals surface area contributed by atoms with Crippen LogP contribution < -0.4 is 10.2 Å². The van der Waals surface area contributed by atoms with Crippen molar-refractivity contribution in [2.24, 2.45) is 34.0 Å². The largest absolute Gasteiger partial charge is 0.461 e. The summed E-state index contributed by atoms with van der Waals surface area (Å²) in [5.41, 5.74) is 1.05. The van der Waals surface area contributed by atoms with E-state index < -0.39 is 29.0 Å². The molecule has 8 atom stereocenters. The SMILES string of the molecule is C=C[C@]1(C)C[C@@H](OC(=O)CSc2ccccc2NC(=O)Cn2cc(CN3CCN(c4ccccc4)CC3)nn2)[C@]2(C)[C@H](C)CC[C@]3(CCC(=O)[C@H]32)[C@@H](C)[C@@H]1O. The summed E-state index contributed by atoms with van der Waals surface area (Å²) >= 11 is 1.30. The zero-order chi connectivity index (χ0) is 39.0. The highest BCUT2D eigenvalue weighted by atomic mass is 32.2. The van der Waals surface area contributed by atoms with Crippen molar-refractivity contribution in [3.05, 3.63) is 79.1 Å². The number of aromatic nitrogens is 3. The number of esters is 1. The molecule has 0 unspecified atom stereocenters. The van der Waals surface area contributed by atoms with Gasteiger partial charge in [0.05, 0.1) is 29.4 Å². The highest BCUT2D eigenvalue weighted by molar-refractivity contribution is 8.00. The minimum absolute atomic E-state index is 0.00217. The van der Waals surface area contributed by atoms with Gasteiger partial charge >= 0.3 is 5.97 Å². The van der Waals surface area contributed by atoms with Gasteiger partial charge in [0.15, 0.2) is 0 Å². The molecule has 294 valence electrons. The minimum Gasteiger partial charge on any atom is -0.461 e. The molecule has 3 saturated carbocycles. The van der Waals surface area contributed by atoms with Crippen LogP contribution in [-0.2, 0) is 32.2 Å². The van der Waals surface area contributed by atoms with Gasteiger partial charge in [-0.1, -0.05) is 69.3 Å². The Morgan fingerprint density at radius 3 is 2.53 bits per heavy atom. The molecule has 7 rings (SSSR count). The van der Waals surface area contributed by atoms with E-state index in [1.807, 2.05) is 49.5 Å². The number of anilines is 2. The van der Waals surface area contributed by atoms with E-state index in [1.165, 1.54) is 17.4 Å². The van der Waals surface area contributed by atoms with Crippen molar-refractivity contribution in [3.63, 3.8) is 0 Å². The maximum absolute atomic E-state index is 13.8. The molecule has 1 saturated heterocycles. The molecule has 3 aliphatic carbocycles. The molecule has 2 heterocycles. The van der Waals surface area contributed by atoms with Gasteiger partial charge in [-0.3, -0.25) is 19.3 Å². The highest BCUT2D eigenvalue weighted by Crippen LogP contribution is 2.68. The lowest BCUT2D eigenvalue weighted by Gasteiger charge is -2.61. The van der Waals surface area contributed by atoms with Crippen LogP contribution in [0.4, 0.5) is 11.4 Å². The van der Waals surface area contributed by atoms with Crippen molar-refractivity contribution >= 4 is 40.8 Å². The number of ketones is 1. The number of aliphatic hydroxyl groups excluding tert-OH is 1. The monoisotopic (exact) mass is 768 g/mol. The van der Waals surface area contributed by atoms with Gasteiger partial charge in [-0.25, -0.2) is 4.68 Å². The van der Waals surface area contributed by atoms with Crippen molar-refractivity contribution in [2.45, 2.75) is 90.0 Å². The molecule has 2 bridgehead atoms. The predicted octanol–water partition coefficient (Wildman–Crippen LogP) is 6.24. The molecule has 0 radical (unpaired) electrons. The molecule has 1 aliphatic heterocycles. The Bertz CT molecular complexity index is 1880. The number of hydrogen-bond donors (Lipinski definition) is 2. The predicted molar refractivity (Wildman–Crippen MR) is 214 cm³/mol. The fraction of sp³-hybridized carbons (Fsp3) is 0.558. The van der Waals surface area contributed by atoms with Crippen LogP contribution in [0.3, 0.4) is 0 Å². The molecule has 1 aromatic heterocycles. The first-order chi connectivity index (χ1) is 26.4. The number of carbonyl (C=O) groups is 3. The number of aliphatic hydroxyl groups is 1. The second-order valence-corrected chi connectivity index (χ2v) is 17.9. The standard InChI is InChI=1S/C43H56N6O5S/c1-6-41(4)24-36(42(5)29(2)16-18-43(30(3)40(41)53)19-17-34(50)39(42)43)54-38(52)28-55-35-15-11-10-14-33(35)44-37(51)27-49-26-31(45-46-49)25-47-20-22-48(23-21-47)32-12-8-7-9-13-32/h6-15,26,29-30,36,39-40,53H,1,16-25,27-28H2,2-5H3,(H,44,51)/t29-,30+,36-,39+,40+,41-,42+,43+/m1/s1. The van der Waals surface area contributed by atoms with E-state index in [1.54, 1.807) is 4.68 Å². The molecule has 55 heavy (non-hydrogen) atoms. The molecule has 2 aromatic carbocycles. The third kappa shape index (κ3) is 7.61. The molecule has 4 aliphatic rings. The average Bonchev–Trinajstić information content (AvgIpc) is 3.78. The van der Waals surface area contributed by atoms with Crippen LogP contribution in [0.5, 0.6) is 0 Å². The van der Waals surface area contributed by atoms with Crippen molar-refractivity contribution in [2.75, 3.05) is 42.1 Å². The molecule has 1 amide bonds. The van der Waals surface area contributed by atoms with E-state index in [9.17, 15) is 19.5 Å². The Morgan fingerprint density at radius 1 is 1.05 bits per heavy atom. The fourth-order valence-corrected chi connectivity index (χ4v) is 11.2. The van der Waals surface area contributed by atoms with E-state index in [0.29, 0.717) is 25.1 Å². The van der Waals surface area contributed by atoms with E-state index >= 15 is 0 Å². The third-order valence-corrected chi connectivity index (χ3v) is 14.9. The van der Waals surface area contributed by atoms with Crippen LogP contribution in [-0.4, -0.2) is 86.8 Å². The van der Waals surface area contributed by atoms with Crippen molar-refractivity contribution in [1.29, 1.82) is 0 Å². The second kappa shape index (κ2) is 15.9. The quantitative estimate of drug-likeness (QED) is 0.132. The number of ether oxygens (including phenoxy) is 1. The zero-order valence-electron chi connectivity index (χ0n) is 32.7. The van der Waals surface area contributed by atoms with Crippen LogP contribution in [0.15, 0.2) is 78.3 Å². The Kier molecular flexibility index (Phi) is 11.3. The lowest BCUT2D eigenvalue weighted by Crippen LogP contribution is -2.63. The maximum atomic E-state index is 13.8. The number of rotatable bonds is 11. The lowest BCUT2D eigenvalue weighted by atomic mass is 9.44. The van der Waals surface area contributed by atoms with Gasteiger partial charge in [0, 0.05) is 66.5 Å². The summed E-state index contributed by atoms with van der Waals surface area (Å²) < 4.78 is 8.00. The van der Waals surface area contributed by atoms with Gasteiger partial charge in [0.2, 0.25) is 5.91 Å². The molecule has 4 fully saturated rings. The van der Waals surface area contributed by atoms with Gasteiger partial charge in [-0.2, -0.15) is 0 Å². The fourth-order valence-electron chi connectivity index (χ4n) is 10.4. The molecule has 12 heteroatoms. The number of benzene rings is 2. The Labute approximate surface area is 329 Å². The first kappa shape index (κ1) is 39.2. The van der Waals surface area contributed by atoms with Crippen molar-refractivity contribution < 1.29 is 24.2 Å². The van der Waals surface area contributed by atoms with Crippen LogP contribution in [0, 0.1) is 34.0 Å². The topological polar surface area (TPSA) is 130 Å². The first-order valence-electron chi connectivity index (χ1n) is 19.8. The maximum Gasteiger partial charge on any atom is 0.316 e. The highest BCUT2D eigenvalue weighted by Gasteiger charge is 2.68. The minimum atomic E-state index is -0.715. The number of thioether (sulfide) groups is 1. The normalized spacial score (nSPS) is 32.3. The van der Waals surface area contributed by atoms with Crippen LogP contribution in [0.1, 0.15) is 65.5 Å². The molecule has 2 N–H and O–H groups in total. The summed E-state index contributed by atoms with van der Waals surface area (Å²) in [6.07, 6.45) is 5.80. The number of carbonyl (C=O) groups excluding carboxylic acids is 3. The number of Topliss-reactive ketones (excluding diaryl/α,β-unsaturated/α-hetero) is 1. The van der Waals surface area contributed by atoms with E-state index in [-0.39, 0.29) is 47.2 Å². The molecule has 3 aromatic rings.